The second-order valence-electron chi connectivity index (χ2n) is 9.49. The molecule has 0 radical (unpaired) electrons. The number of nitrogens with one attached hydrogen (secondary N) is 3. The summed E-state index contributed by atoms with van der Waals surface area (Å²) in [5.74, 6) is -3.42. The largest absolute Gasteiger partial charge is 0.508 e. The molecule has 2 heterocycles. The predicted molar refractivity (Wildman–Crippen MR) is 129 cm³/mol. The highest BCUT2D eigenvalue weighted by atomic mass is 16.4. The zero-order chi connectivity index (χ0) is 26.4. The number of hydrogen-bond donors (Lipinski definition) is 5. The van der Waals surface area contributed by atoms with Crippen molar-refractivity contribution >= 4 is 29.6 Å². The third-order valence-electron chi connectivity index (χ3n) is 6.90. The summed E-state index contributed by atoms with van der Waals surface area (Å²) in [5.41, 5.74) is 0.650. The maximum atomic E-state index is 13.5. The van der Waals surface area contributed by atoms with E-state index in [-0.39, 0.29) is 36.8 Å². The number of phenols is 1. The number of phenolic OH excluding ortho intramolecular Hbond substituents is 1. The molecular formula is C25H34N4O7. The molecule has 36 heavy (non-hydrogen) atoms. The van der Waals surface area contributed by atoms with Crippen LogP contribution in [0.5, 0.6) is 5.75 Å². The molecule has 2 aliphatic heterocycles. The van der Waals surface area contributed by atoms with Gasteiger partial charge in [-0.25, -0.2) is 0 Å². The molecule has 2 aliphatic rings. The number of fused-ring (bicyclic) bond motifs is 1. The Kier molecular flexibility index (Phi) is 8.89. The second-order valence-corrected chi connectivity index (χ2v) is 9.49. The van der Waals surface area contributed by atoms with E-state index in [1.807, 2.05) is 13.8 Å². The minimum Gasteiger partial charge on any atom is -0.508 e. The maximum Gasteiger partial charge on any atom is 0.303 e. The molecular weight excluding hydrogens is 468 g/mol. The van der Waals surface area contributed by atoms with Gasteiger partial charge in [0.25, 0.3) is 0 Å². The smallest absolute Gasteiger partial charge is 0.303 e. The van der Waals surface area contributed by atoms with Crippen molar-refractivity contribution in [3.63, 3.8) is 0 Å². The number of aliphatic carboxylic acids is 1. The number of carbonyl (C=O) groups excluding carboxylic acids is 4. The number of carboxylic acids is 1. The van der Waals surface area contributed by atoms with Crippen LogP contribution in [0.1, 0.15) is 51.5 Å². The minimum atomic E-state index is -1.19. The molecule has 1 aromatic rings. The van der Waals surface area contributed by atoms with Gasteiger partial charge < -0.3 is 31.1 Å². The number of aromatic hydroxyl groups is 1. The SMILES string of the molecule is CCC(C)[C@@H]1NC(=O)[C@H](Cc2ccc(O)cc2)NC(=O)[C@H](CCC(=O)O)NC(=O)[C@H]2CCCN2C1=O. The van der Waals surface area contributed by atoms with Crippen molar-refractivity contribution in [2.24, 2.45) is 5.92 Å². The molecule has 4 amide bonds. The Morgan fingerprint density at radius 3 is 2.31 bits per heavy atom. The fourth-order valence-electron chi connectivity index (χ4n) is 4.57. The van der Waals surface area contributed by atoms with E-state index in [2.05, 4.69) is 16.0 Å². The van der Waals surface area contributed by atoms with E-state index < -0.39 is 47.9 Å². The molecule has 11 heteroatoms. The number of hydrogen-bond acceptors (Lipinski definition) is 6. The number of carboxylic acid groups (broad SMARTS) is 1. The lowest BCUT2D eigenvalue weighted by molar-refractivity contribution is -0.144. The van der Waals surface area contributed by atoms with Crippen LogP contribution in [0.25, 0.3) is 0 Å². The van der Waals surface area contributed by atoms with E-state index in [4.69, 9.17) is 5.11 Å². The molecule has 0 spiro atoms. The molecule has 5 atom stereocenters. The summed E-state index contributed by atoms with van der Waals surface area (Å²) in [7, 11) is 0. The molecule has 5 N–H and O–H groups in total. The van der Waals surface area contributed by atoms with Crippen molar-refractivity contribution in [2.75, 3.05) is 6.54 Å². The van der Waals surface area contributed by atoms with Crippen LogP contribution in [0.2, 0.25) is 0 Å². The number of carbonyl (C=O) groups is 5. The van der Waals surface area contributed by atoms with E-state index in [1.165, 1.54) is 17.0 Å². The van der Waals surface area contributed by atoms with Crippen LogP contribution in [-0.2, 0) is 30.4 Å². The summed E-state index contributed by atoms with van der Waals surface area (Å²) in [6.45, 7) is 4.09. The average Bonchev–Trinajstić information content (AvgIpc) is 3.34. The van der Waals surface area contributed by atoms with Crippen molar-refractivity contribution in [1.29, 1.82) is 0 Å². The van der Waals surface area contributed by atoms with Gasteiger partial charge in [0, 0.05) is 19.4 Å². The highest BCUT2D eigenvalue weighted by molar-refractivity contribution is 5.98. The van der Waals surface area contributed by atoms with Crippen LogP contribution >= 0.6 is 0 Å². The molecule has 196 valence electrons. The fraction of sp³-hybridized carbons (Fsp3) is 0.560. The van der Waals surface area contributed by atoms with E-state index in [0.29, 0.717) is 31.4 Å². The Morgan fingerprint density at radius 2 is 1.67 bits per heavy atom. The molecule has 0 aromatic heterocycles. The van der Waals surface area contributed by atoms with Gasteiger partial charge in [0.1, 0.15) is 29.9 Å². The lowest BCUT2D eigenvalue weighted by atomic mass is 9.96. The van der Waals surface area contributed by atoms with Gasteiger partial charge in [0.15, 0.2) is 0 Å². The van der Waals surface area contributed by atoms with Crippen LogP contribution in [0.3, 0.4) is 0 Å². The Labute approximate surface area is 209 Å². The molecule has 1 unspecified atom stereocenters. The van der Waals surface area contributed by atoms with Gasteiger partial charge in [-0.05, 0) is 42.9 Å². The predicted octanol–water partition coefficient (Wildman–Crippen LogP) is 0.305. The van der Waals surface area contributed by atoms with Gasteiger partial charge in [0.05, 0.1) is 0 Å². The zero-order valence-corrected chi connectivity index (χ0v) is 20.5. The van der Waals surface area contributed by atoms with Gasteiger partial charge in [-0.2, -0.15) is 0 Å². The van der Waals surface area contributed by atoms with Crippen molar-refractivity contribution in [3.8, 4) is 5.75 Å². The molecule has 0 bridgehead atoms. The lowest BCUT2D eigenvalue weighted by Gasteiger charge is -2.34. The normalized spacial score (nSPS) is 26.1. The van der Waals surface area contributed by atoms with Crippen molar-refractivity contribution < 1.29 is 34.2 Å². The quantitative estimate of drug-likeness (QED) is 0.358. The van der Waals surface area contributed by atoms with Crippen LogP contribution < -0.4 is 16.0 Å². The van der Waals surface area contributed by atoms with E-state index in [0.717, 1.165) is 0 Å². The first kappa shape index (κ1) is 27.0. The third kappa shape index (κ3) is 6.52. The molecule has 0 aliphatic carbocycles. The van der Waals surface area contributed by atoms with Gasteiger partial charge in [0.2, 0.25) is 23.6 Å². The number of benzene rings is 1. The molecule has 2 saturated heterocycles. The maximum absolute atomic E-state index is 13.5. The number of rotatable bonds is 7. The van der Waals surface area contributed by atoms with Crippen LogP contribution in [0.15, 0.2) is 24.3 Å². The fourth-order valence-corrected chi connectivity index (χ4v) is 4.57. The lowest BCUT2D eigenvalue weighted by Crippen LogP contribution is -2.62. The average molecular weight is 503 g/mol. The first-order chi connectivity index (χ1) is 17.1. The van der Waals surface area contributed by atoms with Crippen LogP contribution in [-0.4, -0.2) is 75.4 Å². The Morgan fingerprint density at radius 1 is 1.03 bits per heavy atom. The Balaban J connectivity index is 1.97. The third-order valence-corrected chi connectivity index (χ3v) is 6.90. The summed E-state index contributed by atoms with van der Waals surface area (Å²) in [4.78, 5) is 65.9. The Bertz CT molecular complexity index is 997. The summed E-state index contributed by atoms with van der Waals surface area (Å²) in [6, 6.07) is 2.18. The summed E-state index contributed by atoms with van der Waals surface area (Å²) >= 11 is 0. The standard InChI is InChI=1S/C25H34N4O7/c1-3-14(2)21-25(36)29-12-4-5-19(29)24(35)26-17(10-11-20(31)32)22(33)27-18(23(34)28-21)13-15-6-8-16(30)9-7-15/h6-9,14,17-19,21,30H,3-5,10-13H2,1-2H3,(H,26,35)(H,27,33)(H,28,34)(H,31,32)/t14?,17-,18-,19+,21-/m0/s1. The molecule has 0 saturated carbocycles. The van der Waals surface area contributed by atoms with Crippen LogP contribution in [0, 0.1) is 5.92 Å². The monoisotopic (exact) mass is 502 g/mol. The summed E-state index contributed by atoms with van der Waals surface area (Å²) in [6.07, 6.45) is 1.14. The first-order valence-corrected chi connectivity index (χ1v) is 12.3. The zero-order valence-electron chi connectivity index (χ0n) is 20.5. The molecule has 1 aromatic carbocycles. The summed E-state index contributed by atoms with van der Waals surface area (Å²) in [5, 5.41) is 26.8. The topological polar surface area (TPSA) is 165 Å². The molecule has 2 fully saturated rings. The van der Waals surface area contributed by atoms with Crippen LogP contribution in [0.4, 0.5) is 0 Å². The number of nitrogens with zero attached hydrogens (tertiary/aromatic N) is 1. The highest BCUT2D eigenvalue weighted by Crippen LogP contribution is 2.22. The number of amides is 4. The van der Waals surface area contributed by atoms with E-state index in [9.17, 15) is 29.1 Å². The van der Waals surface area contributed by atoms with Crippen molar-refractivity contribution in [2.45, 2.75) is 76.5 Å². The first-order valence-electron chi connectivity index (χ1n) is 12.3. The van der Waals surface area contributed by atoms with Gasteiger partial charge in [-0.15, -0.1) is 0 Å². The van der Waals surface area contributed by atoms with E-state index in [1.54, 1.807) is 12.1 Å². The highest BCUT2D eigenvalue weighted by Gasteiger charge is 2.41. The van der Waals surface area contributed by atoms with Gasteiger partial charge in [-0.3, -0.25) is 24.0 Å². The van der Waals surface area contributed by atoms with Crippen molar-refractivity contribution in [3.05, 3.63) is 29.8 Å². The second kappa shape index (κ2) is 11.9. The summed E-state index contributed by atoms with van der Waals surface area (Å²) < 4.78 is 0. The van der Waals surface area contributed by atoms with Crippen molar-refractivity contribution in [1.82, 2.24) is 20.9 Å². The van der Waals surface area contributed by atoms with E-state index >= 15 is 0 Å². The minimum absolute atomic E-state index is 0.0463. The van der Waals surface area contributed by atoms with Gasteiger partial charge >= 0.3 is 5.97 Å². The molecule has 3 rings (SSSR count). The molecule has 11 nitrogen and oxygen atoms in total. The Hall–Kier alpha value is -3.63. The van der Waals surface area contributed by atoms with Gasteiger partial charge in [-0.1, -0.05) is 32.4 Å².